The first-order chi connectivity index (χ1) is 26.1. The lowest BCUT2D eigenvalue weighted by Gasteiger charge is -2.21. The number of hydrogen-bond acceptors (Lipinski definition) is 7. The number of aliphatic hydroxyl groups excluding tert-OH is 1. The number of aliphatic hydroxyl groups is 1. The average molecular weight is 773 g/mol. The molecule has 0 aromatic heterocycles. The minimum Gasteiger partial charge on any atom is -0.462 e. The second-order valence-corrected chi connectivity index (χ2v) is 17.0. The first kappa shape index (κ1) is 52.7. The molecule has 0 saturated carbocycles. The number of nitrogens with zero attached hydrogens (tertiary/aromatic N) is 1. The summed E-state index contributed by atoms with van der Waals surface area (Å²) in [6, 6.07) is 0. The Bertz CT molecular complexity index is 702. The summed E-state index contributed by atoms with van der Waals surface area (Å²) in [4.78, 5) is 15.1. The zero-order valence-corrected chi connectivity index (χ0v) is 37.0. The van der Waals surface area contributed by atoms with Gasteiger partial charge in [-0.15, -0.1) is 0 Å². The second-order valence-electron chi connectivity index (χ2n) is 15.6. The van der Waals surface area contributed by atoms with Crippen LogP contribution in [-0.4, -0.2) is 68.1 Å². The molecule has 53 heavy (non-hydrogen) atoms. The lowest BCUT2D eigenvalue weighted by molar-refractivity contribution is -0.150. The molecule has 0 fully saturated rings. The lowest BCUT2D eigenvalue weighted by atomic mass is 10.0. The number of carbonyl (C=O) groups is 1. The molecule has 0 amide bonds. The van der Waals surface area contributed by atoms with Gasteiger partial charge in [-0.2, -0.15) is 0 Å². The lowest BCUT2D eigenvalue weighted by Crippen LogP contribution is -2.29. The van der Waals surface area contributed by atoms with Crippen LogP contribution in [0, 0.1) is 0 Å². The zero-order chi connectivity index (χ0) is 38.7. The van der Waals surface area contributed by atoms with Gasteiger partial charge < -0.3 is 23.8 Å². The van der Waals surface area contributed by atoms with Crippen molar-refractivity contribution in [3.63, 3.8) is 0 Å². The molecule has 0 rings (SSSR count). The van der Waals surface area contributed by atoms with E-state index in [4.69, 9.17) is 13.8 Å². The fraction of sp³-hybridized carbons (Fsp3) is 0.978. The molecule has 0 aliphatic carbocycles. The van der Waals surface area contributed by atoms with Gasteiger partial charge in [-0.05, 0) is 84.2 Å². The van der Waals surface area contributed by atoms with E-state index in [1.165, 1.54) is 141 Å². The summed E-state index contributed by atoms with van der Waals surface area (Å²) in [5, 5.41) is 13.1. The van der Waals surface area contributed by atoms with Gasteiger partial charge in [0.15, 0.2) is 0 Å². The Labute approximate surface area is 332 Å². The van der Waals surface area contributed by atoms with Gasteiger partial charge in [-0.3, -0.25) is 9.88 Å². The first-order valence-electron chi connectivity index (χ1n) is 23.4. The van der Waals surface area contributed by atoms with Crippen molar-refractivity contribution in [3.05, 3.63) is 0 Å². The van der Waals surface area contributed by atoms with Gasteiger partial charge in [0.2, 0.25) is 0 Å². The number of carbonyl (C=O) groups excluding carboxylic acids is 1. The van der Waals surface area contributed by atoms with E-state index in [1.807, 2.05) is 6.92 Å². The maximum absolute atomic E-state index is 12.7. The van der Waals surface area contributed by atoms with Crippen LogP contribution in [0.5, 0.6) is 0 Å². The third-order valence-corrected chi connectivity index (χ3v) is 11.8. The molecule has 1 atom stereocenters. The van der Waals surface area contributed by atoms with Crippen LogP contribution in [0.4, 0.5) is 0 Å². The Balaban J connectivity index is 4.06. The van der Waals surface area contributed by atoms with Gasteiger partial charge in [-0.25, -0.2) is 0 Å². The third-order valence-electron chi connectivity index (χ3n) is 10.4. The van der Waals surface area contributed by atoms with Crippen LogP contribution < -0.4 is 5.09 Å². The molecule has 0 heterocycles. The standard InChI is InChI=1S/C45H93N2O5P/c1-5-9-12-15-18-19-20-25-31-38-46-53(50-8-4)51-43-34-27-33-40-47(41-42-48)39-32-26-21-24-30-37-45(49)52-44(35-28-22-16-13-10-6-2)36-29-23-17-14-11-7-3/h44,46,48H,5-43H2,1-4H3. The maximum Gasteiger partial charge on any atom is 0.306 e. The molecule has 8 heteroatoms. The van der Waals surface area contributed by atoms with E-state index in [-0.39, 0.29) is 18.7 Å². The molecule has 0 spiro atoms. The fourth-order valence-electron chi connectivity index (χ4n) is 7.04. The predicted octanol–water partition coefficient (Wildman–Crippen LogP) is 13.6. The van der Waals surface area contributed by atoms with Crippen molar-refractivity contribution < 1.29 is 23.7 Å². The highest BCUT2D eigenvalue weighted by molar-refractivity contribution is 7.44. The van der Waals surface area contributed by atoms with Crippen molar-refractivity contribution in [1.29, 1.82) is 0 Å². The van der Waals surface area contributed by atoms with Crippen molar-refractivity contribution in [2.24, 2.45) is 0 Å². The van der Waals surface area contributed by atoms with Crippen molar-refractivity contribution in [3.8, 4) is 0 Å². The van der Waals surface area contributed by atoms with E-state index in [9.17, 15) is 9.90 Å². The van der Waals surface area contributed by atoms with Crippen molar-refractivity contribution in [2.45, 2.75) is 239 Å². The summed E-state index contributed by atoms with van der Waals surface area (Å²) in [6.45, 7) is 14.3. The van der Waals surface area contributed by atoms with Gasteiger partial charge in [0.05, 0.1) is 19.8 Å². The summed E-state index contributed by atoms with van der Waals surface area (Å²) < 4.78 is 17.9. The molecular formula is C45H93N2O5P. The van der Waals surface area contributed by atoms with E-state index in [0.29, 0.717) is 13.0 Å². The van der Waals surface area contributed by atoms with E-state index in [2.05, 4.69) is 30.8 Å². The normalized spacial score (nSPS) is 12.4. The molecule has 0 radical (unpaired) electrons. The van der Waals surface area contributed by atoms with Gasteiger partial charge in [-0.1, -0.05) is 156 Å². The smallest absolute Gasteiger partial charge is 0.306 e. The summed E-state index contributed by atoms with van der Waals surface area (Å²) >= 11 is 0. The van der Waals surface area contributed by atoms with Crippen LogP contribution in [-0.2, 0) is 18.6 Å². The molecule has 0 aromatic rings. The van der Waals surface area contributed by atoms with Gasteiger partial charge >= 0.3 is 5.97 Å². The topological polar surface area (TPSA) is 80.3 Å². The number of hydrogen-bond donors (Lipinski definition) is 2. The highest BCUT2D eigenvalue weighted by Crippen LogP contribution is 2.33. The Kier molecular flexibility index (Phi) is 44.2. The Morgan fingerprint density at radius 3 is 1.51 bits per heavy atom. The highest BCUT2D eigenvalue weighted by atomic mass is 31.2. The largest absolute Gasteiger partial charge is 0.462 e. The Morgan fingerprint density at radius 2 is 1.00 bits per heavy atom. The Hall–Kier alpha value is -0.300. The Morgan fingerprint density at radius 1 is 0.547 bits per heavy atom. The molecular weight excluding hydrogens is 679 g/mol. The minimum atomic E-state index is -0.986. The molecule has 318 valence electrons. The number of unbranched alkanes of at least 4 members (excludes halogenated alkanes) is 24. The van der Waals surface area contributed by atoms with Gasteiger partial charge in [0, 0.05) is 19.5 Å². The second kappa shape index (κ2) is 44.4. The van der Waals surface area contributed by atoms with Crippen LogP contribution in [0.1, 0.15) is 233 Å². The summed E-state index contributed by atoms with van der Waals surface area (Å²) in [6.07, 6.45) is 39.1. The van der Waals surface area contributed by atoms with Crippen molar-refractivity contribution in [2.75, 3.05) is 46.0 Å². The number of ether oxygens (including phenoxy) is 1. The van der Waals surface area contributed by atoms with Crippen molar-refractivity contribution in [1.82, 2.24) is 9.99 Å². The van der Waals surface area contributed by atoms with Crippen LogP contribution in [0.25, 0.3) is 0 Å². The monoisotopic (exact) mass is 773 g/mol. The molecule has 1 unspecified atom stereocenters. The highest BCUT2D eigenvalue weighted by Gasteiger charge is 2.15. The molecule has 0 aromatic carbocycles. The van der Waals surface area contributed by atoms with Crippen LogP contribution in [0.3, 0.4) is 0 Å². The molecule has 0 aliphatic rings. The summed E-state index contributed by atoms with van der Waals surface area (Å²) in [5.41, 5.74) is 0. The predicted molar refractivity (Wildman–Crippen MR) is 231 cm³/mol. The summed E-state index contributed by atoms with van der Waals surface area (Å²) in [7, 11) is -0.986. The minimum absolute atomic E-state index is 0.0198. The van der Waals surface area contributed by atoms with Gasteiger partial charge in [0.25, 0.3) is 8.53 Å². The zero-order valence-electron chi connectivity index (χ0n) is 36.1. The maximum atomic E-state index is 12.7. The molecule has 0 aliphatic heterocycles. The van der Waals surface area contributed by atoms with Crippen molar-refractivity contribution >= 4 is 14.5 Å². The first-order valence-corrected chi connectivity index (χ1v) is 24.6. The van der Waals surface area contributed by atoms with E-state index < -0.39 is 8.53 Å². The van der Waals surface area contributed by atoms with E-state index >= 15 is 0 Å². The molecule has 0 saturated heterocycles. The van der Waals surface area contributed by atoms with Crippen LogP contribution in [0.2, 0.25) is 0 Å². The fourth-order valence-corrected chi connectivity index (χ4v) is 8.16. The van der Waals surface area contributed by atoms with Gasteiger partial charge in [0.1, 0.15) is 6.10 Å². The van der Waals surface area contributed by atoms with Crippen LogP contribution >= 0.6 is 8.53 Å². The molecule has 7 nitrogen and oxygen atoms in total. The number of rotatable bonds is 45. The average Bonchev–Trinajstić information content (AvgIpc) is 3.15. The molecule has 0 bridgehead atoms. The number of esters is 1. The van der Waals surface area contributed by atoms with Crippen LogP contribution in [0.15, 0.2) is 0 Å². The van der Waals surface area contributed by atoms with E-state index in [0.717, 1.165) is 90.6 Å². The SMILES string of the molecule is CCCCCCCCCCCNP(OCC)OCCCCCN(CCO)CCCCCCCC(=O)OC(CCCCCCCC)CCCCCCCC. The quantitative estimate of drug-likeness (QED) is 0.0362. The van der Waals surface area contributed by atoms with E-state index in [1.54, 1.807) is 0 Å². The molecule has 2 N–H and O–H groups in total. The summed E-state index contributed by atoms with van der Waals surface area (Å²) in [5.74, 6) is 0.0198. The third kappa shape index (κ3) is 39.7. The number of nitrogens with one attached hydrogen (secondary N) is 1.